The summed E-state index contributed by atoms with van der Waals surface area (Å²) in [5.41, 5.74) is 5.01. The van der Waals surface area contributed by atoms with Crippen LogP contribution in [0.1, 0.15) is 55.3 Å². The summed E-state index contributed by atoms with van der Waals surface area (Å²) in [5, 5.41) is 0. The van der Waals surface area contributed by atoms with Gasteiger partial charge in [0.25, 0.3) is 0 Å². The van der Waals surface area contributed by atoms with Crippen LogP contribution in [0.15, 0.2) is 42.6 Å². The number of benzene rings is 1. The van der Waals surface area contributed by atoms with Gasteiger partial charge in [0.2, 0.25) is 0 Å². The van der Waals surface area contributed by atoms with Gasteiger partial charge in [0, 0.05) is 30.5 Å². The van der Waals surface area contributed by atoms with Crippen molar-refractivity contribution in [1.29, 1.82) is 0 Å². The molecule has 1 aromatic carbocycles. The summed E-state index contributed by atoms with van der Waals surface area (Å²) in [6, 6.07) is 12.6. The predicted molar refractivity (Wildman–Crippen MR) is 103 cm³/mol. The van der Waals surface area contributed by atoms with E-state index in [2.05, 4.69) is 61.7 Å². The Kier molecular flexibility index (Phi) is 4.23. The van der Waals surface area contributed by atoms with E-state index in [1.165, 1.54) is 5.56 Å². The maximum Gasteiger partial charge on any atom is 0.180 e. The molecule has 4 rings (SSSR count). The van der Waals surface area contributed by atoms with E-state index in [9.17, 15) is 0 Å². The molecule has 0 spiro atoms. The smallest absolute Gasteiger partial charge is 0.180 e. The van der Waals surface area contributed by atoms with Gasteiger partial charge >= 0.3 is 0 Å². The van der Waals surface area contributed by atoms with Crippen LogP contribution >= 0.6 is 0 Å². The van der Waals surface area contributed by atoms with Crippen molar-refractivity contribution in [3.8, 4) is 5.75 Å². The molecular formula is C22H26N2O2. The topological polar surface area (TPSA) is 35.8 Å². The van der Waals surface area contributed by atoms with Crippen LogP contribution < -0.4 is 4.74 Å². The average Bonchev–Trinajstić information content (AvgIpc) is 2.97. The van der Waals surface area contributed by atoms with Crippen LogP contribution in [0.3, 0.4) is 0 Å². The van der Waals surface area contributed by atoms with Crippen LogP contribution in [0.25, 0.3) is 5.65 Å². The Balaban J connectivity index is 1.94. The molecule has 3 heterocycles. The number of aryl methyl sites for hydroxylation is 2. The molecule has 0 saturated carbocycles. The fourth-order valence-electron chi connectivity index (χ4n) is 4.09. The van der Waals surface area contributed by atoms with Crippen LogP contribution in [-0.2, 0) is 10.3 Å². The Labute approximate surface area is 154 Å². The first-order valence-electron chi connectivity index (χ1n) is 9.44. The molecule has 1 aliphatic heterocycles. The molecule has 0 fully saturated rings. The van der Waals surface area contributed by atoms with Crippen molar-refractivity contribution in [3.05, 3.63) is 65.1 Å². The maximum atomic E-state index is 6.54. The lowest BCUT2D eigenvalue weighted by Gasteiger charge is -2.41. The van der Waals surface area contributed by atoms with Gasteiger partial charge in [0.15, 0.2) is 11.4 Å². The monoisotopic (exact) mass is 350 g/mol. The zero-order chi connectivity index (χ0) is 18.3. The molecule has 0 bridgehead atoms. The third-order valence-corrected chi connectivity index (χ3v) is 5.65. The summed E-state index contributed by atoms with van der Waals surface area (Å²) in [5.74, 6) is 0.860. The minimum atomic E-state index is -0.349. The van der Waals surface area contributed by atoms with Gasteiger partial charge in [-0.2, -0.15) is 0 Å². The van der Waals surface area contributed by atoms with Gasteiger partial charge in [-0.1, -0.05) is 37.3 Å². The van der Waals surface area contributed by atoms with E-state index < -0.39 is 0 Å². The summed E-state index contributed by atoms with van der Waals surface area (Å²) in [6.07, 6.45) is 3.76. The zero-order valence-electron chi connectivity index (χ0n) is 16.0. The molecule has 0 radical (unpaired) electrons. The first-order chi connectivity index (χ1) is 12.6. The summed E-state index contributed by atoms with van der Waals surface area (Å²) < 4.78 is 15.0. The van der Waals surface area contributed by atoms with Crippen molar-refractivity contribution in [3.63, 3.8) is 0 Å². The molecule has 4 heteroatoms. The second-order valence-electron chi connectivity index (χ2n) is 7.04. The second kappa shape index (κ2) is 6.44. The summed E-state index contributed by atoms with van der Waals surface area (Å²) >= 11 is 0. The molecule has 2 aromatic heterocycles. The highest BCUT2D eigenvalue weighted by Crippen LogP contribution is 2.50. The van der Waals surface area contributed by atoms with Crippen LogP contribution in [0.2, 0.25) is 0 Å². The molecule has 4 nitrogen and oxygen atoms in total. The number of ether oxygens (including phenoxy) is 2. The molecule has 2 atom stereocenters. The number of hydrogen-bond donors (Lipinski definition) is 0. The van der Waals surface area contributed by atoms with E-state index >= 15 is 0 Å². The fourth-order valence-corrected chi connectivity index (χ4v) is 4.09. The van der Waals surface area contributed by atoms with Gasteiger partial charge in [-0.3, -0.25) is 0 Å². The normalized spacial score (nSPS) is 22.2. The number of nitrogens with zero attached hydrogens (tertiary/aromatic N) is 2. The van der Waals surface area contributed by atoms with Crippen LogP contribution in [0.4, 0.5) is 0 Å². The van der Waals surface area contributed by atoms with Crippen molar-refractivity contribution in [2.45, 2.75) is 52.2 Å². The average molecular weight is 350 g/mol. The van der Waals surface area contributed by atoms with Gasteiger partial charge < -0.3 is 13.9 Å². The Morgan fingerprint density at radius 3 is 2.65 bits per heavy atom. The molecule has 3 aromatic rings. The maximum absolute atomic E-state index is 6.54. The summed E-state index contributed by atoms with van der Waals surface area (Å²) in [6.45, 7) is 9.06. The molecule has 0 saturated heterocycles. The van der Waals surface area contributed by atoms with E-state index in [0.29, 0.717) is 6.61 Å². The van der Waals surface area contributed by atoms with Crippen LogP contribution in [0.5, 0.6) is 5.75 Å². The van der Waals surface area contributed by atoms with E-state index in [-0.39, 0.29) is 11.7 Å². The Morgan fingerprint density at radius 1 is 1.19 bits per heavy atom. The van der Waals surface area contributed by atoms with Crippen molar-refractivity contribution in [2.75, 3.05) is 6.61 Å². The minimum Gasteiger partial charge on any atom is -0.481 e. The third kappa shape index (κ3) is 2.52. The van der Waals surface area contributed by atoms with Gasteiger partial charge in [-0.25, -0.2) is 4.98 Å². The third-order valence-electron chi connectivity index (χ3n) is 5.65. The van der Waals surface area contributed by atoms with E-state index in [1.807, 2.05) is 13.0 Å². The molecule has 26 heavy (non-hydrogen) atoms. The van der Waals surface area contributed by atoms with E-state index in [1.54, 1.807) is 0 Å². The number of rotatable bonds is 4. The number of imidazole rings is 1. The largest absolute Gasteiger partial charge is 0.481 e. The van der Waals surface area contributed by atoms with Crippen molar-refractivity contribution >= 4 is 5.65 Å². The minimum absolute atomic E-state index is 0.0429. The number of pyridine rings is 1. The van der Waals surface area contributed by atoms with Gasteiger partial charge in [0.1, 0.15) is 11.7 Å². The standard InChI is InChI=1S/C22H26N2O2/c1-5-22(25-6-2)14-19(17-10-8-7-9-11-17)26-20-18(22)12-13-24-16(4)15(3)23-21(20)24/h7-13,19H,5-6,14H2,1-4H3/t19-,22+/m1/s1. The highest BCUT2D eigenvalue weighted by molar-refractivity contribution is 5.62. The lowest BCUT2D eigenvalue weighted by atomic mass is 9.81. The quantitative estimate of drug-likeness (QED) is 0.655. The first-order valence-corrected chi connectivity index (χ1v) is 9.44. The highest BCUT2D eigenvalue weighted by Gasteiger charge is 2.43. The van der Waals surface area contributed by atoms with Crippen LogP contribution in [-0.4, -0.2) is 16.0 Å². The molecule has 0 unspecified atom stereocenters. The fraction of sp³-hybridized carbons (Fsp3) is 0.409. The Morgan fingerprint density at radius 2 is 1.96 bits per heavy atom. The van der Waals surface area contributed by atoms with Crippen LogP contribution in [0, 0.1) is 13.8 Å². The Hall–Kier alpha value is -2.33. The van der Waals surface area contributed by atoms with Gasteiger partial charge in [-0.15, -0.1) is 0 Å². The molecule has 0 N–H and O–H groups in total. The Bertz CT molecular complexity index is 932. The van der Waals surface area contributed by atoms with Gasteiger partial charge in [0.05, 0.1) is 5.69 Å². The molecule has 136 valence electrons. The molecule has 0 amide bonds. The first kappa shape index (κ1) is 17.1. The second-order valence-corrected chi connectivity index (χ2v) is 7.04. The zero-order valence-corrected chi connectivity index (χ0v) is 16.0. The SMILES string of the molecule is CCO[C@@]1(CC)C[C@H](c2ccccc2)Oc2c1ccn1c(C)c(C)nc21. The number of aromatic nitrogens is 2. The van der Waals surface area contributed by atoms with Crippen molar-refractivity contribution < 1.29 is 9.47 Å². The van der Waals surface area contributed by atoms with E-state index in [4.69, 9.17) is 14.5 Å². The lowest BCUT2D eigenvalue weighted by molar-refractivity contribution is -0.0897. The summed E-state index contributed by atoms with van der Waals surface area (Å²) in [4.78, 5) is 4.80. The lowest BCUT2D eigenvalue weighted by Crippen LogP contribution is -2.37. The molecular weight excluding hydrogens is 324 g/mol. The van der Waals surface area contributed by atoms with Crippen molar-refractivity contribution in [1.82, 2.24) is 9.38 Å². The number of hydrogen-bond acceptors (Lipinski definition) is 3. The van der Waals surface area contributed by atoms with Crippen molar-refractivity contribution in [2.24, 2.45) is 0 Å². The predicted octanol–water partition coefficient (Wildman–Crippen LogP) is 5.12. The summed E-state index contributed by atoms with van der Waals surface area (Å²) in [7, 11) is 0. The van der Waals surface area contributed by atoms with E-state index in [0.717, 1.165) is 41.2 Å². The number of fused-ring (bicyclic) bond motifs is 3. The van der Waals surface area contributed by atoms with Gasteiger partial charge in [-0.05, 0) is 38.8 Å². The highest BCUT2D eigenvalue weighted by atomic mass is 16.5. The molecule has 0 aliphatic carbocycles. The molecule has 1 aliphatic rings.